The minimum absolute atomic E-state index is 0.596. The van der Waals surface area contributed by atoms with Gasteiger partial charge in [0.2, 0.25) is 0 Å². The first-order chi connectivity index (χ1) is 14.7. The lowest BCUT2D eigenvalue weighted by Gasteiger charge is -2.13. The van der Waals surface area contributed by atoms with Gasteiger partial charge >= 0.3 is 0 Å². The summed E-state index contributed by atoms with van der Waals surface area (Å²) in [6.07, 6.45) is 0.627. The number of fused-ring (bicyclic) bond motifs is 1. The maximum absolute atomic E-state index is 9.12. The number of hydrogen-bond donors (Lipinski definition) is 2. The molecule has 0 aliphatic carbocycles. The molecule has 2 N–H and O–H groups in total. The summed E-state index contributed by atoms with van der Waals surface area (Å²) in [4.78, 5) is 7.95. The molecule has 0 fully saturated rings. The van der Waals surface area contributed by atoms with Gasteiger partial charge in [-0.3, -0.25) is 0 Å². The number of H-pyrrole nitrogens is 1. The van der Waals surface area contributed by atoms with Crippen LogP contribution < -0.4 is 5.32 Å². The number of ether oxygens (including phenoxy) is 1. The Labute approximate surface area is 175 Å². The molecule has 0 radical (unpaired) electrons. The molecule has 0 amide bonds. The first-order valence-corrected chi connectivity index (χ1v) is 9.71. The van der Waals surface area contributed by atoms with Crippen LogP contribution in [0.25, 0.3) is 27.9 Å². The molecule has 148 valence electrons. The van der Waals surface area contributed by atoms with E-state index in [0.717, 1.165) is 28.1 Å². The highest BCUT2D eigenvalue weighted by atomic mass is 16.5. The van der Waals surface area contributed by atoms with Gasteiger partial charge in [-0.25, -0.2) is 4.98 Å². The Morgan fingerprint density at radius 3 is 2.43 bits per heavy atom. The molecule has 3 aromatic carbocycles. The number of aromatic nitrogens is 2. The van der Waals surface area contributed by atoms with Gasteiger partial charge in [-0.15, -0.1) is 0 Å². The van der Waals surface area contributed by atoms with Crippen LogP contribution in [0.15, 0.2) is 78.6 Å². The second kappa shape index (κ2) is 8.54. The number of nitriles is 1. The summed E-state index contributed by atoms with van der Waals surface area (Å²) < 4.78 is 5.72. The second-order valence-corrected chi connectivity index (χ2v) is 6.92. The van der Waals surface area contributed by atoms with E-state index in [1.54, 1.807) is 19.2 Å². The minimum Gasteiger partial charge on any atom is -0.498 e. The quantitative estimate of drug-likeness (QED) is 0.457. The molecule has 1 aromatic heterocycles. The van der Waals surface area contributed by atoms with Crippen LogP contribution in [0.4, 0.5) is 0 Å². The van der Waals surface area contributed by atoms with Crippen LogP contribution in [-0.4, -0.2) is 24.1 Å². The number of methoxy groups -OCH3 is 1. The monoisotopic (exact) mass is 394 g/mol. The zero-order valence-electron chi connectivity index (χ0n) is 16.9. The average molecular weight is 394 g/mol. The summed E-state index contributed by atoms with van der Waals surface area (Å²) in [7, 11) is 3.52. The van der Waals surface area contributed by atoms with E-state index in [-0.39, 0.29) is 0 Å². The number of rotatable bonds is 6. The molecule has 30 heavy (non-hydrogen) atoms. The summed E-state index contributed by atoms with van der Waals surface area (Å²) in [6.45, 7) is 0. The summed E-state index contributed by atoms with van der Waals surface area (Å²) in [6, 6.07) is 26.4. The van der Waals surface area contributed by atoms with E-state index in [4.69, 9.17) is 10.00 Å². The SMILES string of the molecule is CN/C(=C(\Cc1ccc(-c2ccccc2)cc1)OC)c1nc2ccc(C#N)cc2[nH]1. The van der Waals surface area contributed by atoms with Gasteiger partial charge in [0, 0.05) is 13.5 Å². The third-order valence-electron chi connectivity index (χ3n) is 5.05. The summed E-state index contributed by atoms with van der Waals surface area (Å²) in [5, 5.41) is 12.3. The molecule has 4 aromatic rings. The fourth-order valence-electron chi connectivity index (χ4n) is 3.48. The van der Waals surface area contributed by atoms with Crippen molar-refractivity contribution >= 4 is 16.7 Å². The Hall–Kier alpha value is -4.04. The predicted octanol–water partition coefficient (Wildman–Crippen LogP) is 4.88. The van der Waals surface area contributed by atoms with E-state index in [9.17, 15) is 0 Å². The van der Waals surface area contributed by atoms with Crippen molar-refractivity contribution in [3.05, 3.63) is 95.5 Å². The molecular weight excluding hydrogens is 372 g/mol. The van der Waals surface area contributed by atoms with E-state index in [0.29, 0.717) is 17.8 Å². The topological polar surface area (TPSA) is 73.7 Å². The highest BCUT2D eigenvalue weighted by Gasteiger charge is 2.14. The number of hydrogen-bond acceptors (Lipinski definition) is 4. The van der Waals surface area contributed by atoms with Gasteiger partial charge in [-0.2, -0.15) is 5.26 Å². The van der Waals surface area contributed by atoms with Gasteiger partial charge in [-0.05, 0) is 34.9 Å². The standard InChI is InChI=1S/C25H22N4O/c1-27-24(25-28-21-13-10-18(16-26)14-22(21)29-25)23(30-2)15-17-8-11-20(12-9-17)19-6-4-3-5-7-19/h3-14,27H,15H2,1-2H3,(H,28,29)/b24-23+. The van der Waals surface area contributed by atoms with E-state index < -0.39 is 0 Å². The number of nitrogens with zero attached hydrogens (tertiary/aromatic N) is 2. The van der Waals surface area contributed by atoms with Gasteiger partial charge in [0.15, 0.2) is 5.82 Å². The highest BCUT2D eigenvalue weighted by Crippen LogP contribution is 2.24. The Bertz CT molecular complexity index is 1230. The molecule has 0 spiro atoms. The Balaban J connectivity index is 1.64. The normalized spacial score (nSPS) is 11.6. The molecule has 4 rings (SSSR count). The van der Waals surface area contributed by atoms with E-state index in [1.165, 1.54) is 11.1 Å². The predicted molar refractivity (Wildman–Crippen MR) is 119 cm³/mol. The number of nitrogens with one attached hydrogen (secondary N) is 2. The average Bonchev–Trinajstić information content (AvgIpc) is 3.22. The van der Waals surface area contributed by atoms with Crippen molar-refractivity contribution < 1.29 is 4.74 Å². The van der Waals surface area contributed by atoms with Gasteiger partial charge in [-0.1, -0.05) is 54.6 Å². The lowest BCUT2D eigenvalue weighted by Crippen LogP contribution is -2.12. The number of imidazole rings is 1. The lowest BCUT2D eigenvalue weighted by molar-refractivity contribution is 0.283. The van der Waals surface area contributed by atoms with Crippen molar-refractivity contribution in [1.82, 2.24) is 15.3 Å². The fourth-order valence-corrected chi connectivity index (χ4v) is 3.48. The molecule has 5 nitrogen and oxygen atoms in total. The molecule has 0 bridgehead atoms. The largest absolute Gasteiger partial charge is 0.498 e. The number of benzene rings is 3. The van der Waals surface area contributed by atoms with E-state index >= 15 is 0 Å². The second-order valence-electron chi connectivity index (χ2n) is 6.92. The van der Waals surface area contributed by atoms with Gasteiger partial charge < -0.3 is 15.0 Å². The first kappa shape index (κ1) is 19.3. The smallest absolute Gasteiger partial charge is 0.158 e. The van der Waals surface area contributed by atoms with Crippen molar-refractivity contribution in [1.29, 1.82) is 5.26 Å². The van der Waals surface area contributed by atoms with Crippen LogP contribution in [0.1, 0.15) is 17.0 Å². The number of allylic oxidation sites excluding steroid dienone is 1. The van der Waals surface area contributed by atoms with Crippen molar-refractivity contribution in [3.8, 4) is 17.2 Å². The Morgan fingerprint density at radius 2 is 1.77 bits per heavy atom. The highest BCUT2D eigenvalue weighted by molar-refractivity contribution is 5.80. The zero-order valence-corrected chi connectivity index (χ0v) is 16.9. The van der Waals surface area contributed by atoms with Gasteiger partial charge in [0.05, 0.1) is 29.8 Å². The third kappa shape index (κ3) is 3.89. The molecule has 0 atom stereocenters. The van der Waals surface area contributed by atoms with Crippen LogP contribution in [-0.2, 0) is 11.2 Å². The van der Waals surface area contributed by atoms with E-state index in [1.807, 2.05) is 31.3 Å². The minimum atomic E-state index is 0.596. The summed E-state index contributed by atoms with van der Waals surface area (Å²) in [5.41, 5.74) is 6.53. The van der Waals surface area contributed by atoms with Crippen LogP contribution in [0.5, 0.6) is 0 Å². The zero-order chi connectivity index (χ0) is 20.9. The van der Waals surface area contributed by atoms with Crippen LogP contribution in [0, 0.1) is 11.3 Å². The summed E-state index contributed by atoms with van der Waals surface area (Å²) in [5.74, 6) is 1.46. The fraction of sp³-hybridized carbons (Fsp3) is 0.120. The molecule has 0 aliphatic heterocycles. The van der Waals surface area contributed by atoms with Crippen molar-refractivity contribution in [2.75, 3.05) is 14.2 Å². The first-order valence-electron chi connectivity index (χ1n) is 9.71. The van der Waals surface area contributed by atoms with Crippen molar-refractivity contribution in [2.45, 2.75) is 6.42 Å². The third-order valence-corrected chi connectivity index (χ3v) is 5.05. The Kier molecular flexibility index (Phi) is 5.49. The van der Waals surface area contributed by atoms with Crippen molar-refractivity contribution in [3.63, 3.8) is 0 Å². The van der Waals surface area contributed by atoms with Gasteiger partial charge in [0.25, 0.3) is 0 Å². The van der Waals surface area contributed by atoms with Gasteiger partial charge in [0.1, 0.15) is 11.5 Å². The molecular formula is C25H22N4O. The molecule has 0 aliphatic rings. The van der Waals surface area contributed by atoms with E-state index in [2.05, 4.69) is 57.8 Å². The molecule has 0 saturated heterocycles. The molecule has 5 heteroatoms. The van der Waals surface area contributed by atoms with Crippen LogP contribution in [0.3, 0.4) is 0 Å². The Morgan fingerprint density at radius 1 is 1.03 bits per heavy atom. The molecule has 0 saturated carbocycles. The maximum Gasteiger partial charge on any atom is 0.158 e. The maximum atomic E-state index is 9.12. The summed E-state index contributed by atoms with van der Waals surface area (Å²) >= 11 is 0. The van der Waals surface area contributed by atoms with Crippen molar-refractivity contribution in [2.24, 2.45) is 0 Å². The number of aromatic amines is 1. The van der Waals surface area contributed by atoms with Crippen LogP contribution >= 0.6 is 0 Å². The van der Waals surface area contributed by atoms with Crippen LogP contribution in [0.2, 0.25) is 0 Å². The molecule has 1 heterocycles. The molecule has 0 unspecified atom stereocenters. The lowest BCUT2D eigenvalue weighted by atomic mass is 10.0.